The van der Waals surface area contributed by atoms with Crippen LogP contribution in [0.15, 0.2) is 35.6 Å². The normalized spacial score (nSPS) is 11.9. The first kappa shape index (κ1) is 13.3. The lowest BCUT2D eigenvalue weighted by Crippen LogP contribution is -2.24. The van der Waals surface area contributed by atoms with Gasteiger partial charge in [-0.2, -0.15) is 0 Å². The number of fused-ring (bicyclic) bond motifs is 1. The maximum atomic E-state index is 5.74. The predicted molar refractivity (Wildman–Crippen MR) is 77.7 cm³/mol. The van der Waals surface area contributed by atoms with Crippen LogP contribution in [-0.2, 0) is 0 Å². The van der Waals surface area contributed by atoms with Gasteiger partial charge in [0.05, 0.1) is 5.52 Å². The van der Waals surface area contributed by atoms with Crippen molar-refractivity contribution < 1.29 is 0 Å². The monoisotopic (exact) mass is 261 g/mol. The molecule has 0 saturated heterocycles. The average molecular weight is 261 g/mol. The molecular weight excluding hydrogens is 242 g/mol. The summed E-state index contributed by atoms with van der Waals surface area (Å²) < 4.78 is 0. The maximum absolute atomic E-state index is 5.74. The molecule has 1 aromatic carbocycles. The summed E-state index contributed by atoms with van der Waals surface area (Å²) in [5, 5.41) is 2.20. The third kappa shape index (κ3) is 3.21. The minimum absolute atomic E-state index is 0.204. The van der Waals surface area contributed by atoms with E-state index in [1.54, 1.807) is 18.1 Å². The number of hydrogen-bond donors (Lipinski definition) is 1. The Morgan fingerprint density at radius 3 is 2.78 bits per heavy atom. The summed E-state index contributed by atoms with van der Waals surface area (Å²) in [4.78, 5) is 8.64. The van der Waals surface area contributed by atoms with Gasteiger partial charge in [0.15, 0.2) is 0 Å². The van der Waals surface area contributed by atoms with Crippen LogP contribution >= 0.6 is 11.8 Å². The van der Waals surface area contributed by atoms with E-state index >= 15 is 0 Å². The maximum Gasteiger partial charge on any atom is 0.117 e. The van der Waals surface area contributed by atoms with E-state index in [-0.39, 0.29) is 5.41 Å². The molecule has 18 heavy (non-hydrogen) atoms. The van der Waals surface area contributed by atoms with Crippen LogP contribution < -0.4 is 5.73 Å². The summed E-state index contributed by atoms with van der Waals surface area (Å²) in [6.45, 7) is 5.12. The number of benzene rings is 1. The lowest BCUT2D eigenvalue weighted by atomic mass is 9.91. The highest BCUT2D eigenvalue weighted by Gasteiger charge is 2.15. The Morgan fingerprint density at radius 2 is 2.00 bits per heavy atom. The molecule has 0 spiro atoms. The highest BCUT2D eigenvalue weighted by Crippen LogP contribution is 2.28. The van der Waals surface area contributed by atoms with Gasteiger partial charge in [-0.25, -0.2) is 9.97 Å². The molecule has 2 aromatic rings. The Morgan fingerprint density at radius 1 is 1.22 bits per heavy atom. The molecule has 96 valence electrons. The predicted octanol–water partition coefficient (Wildman–Crippen LogP) is 3.10. The number of aromatic nitrogens is 2. The minimum atomic E-state index is 0.204. The number of hydrogen-bond acceptors (Lipinski definition) is 4. The first-order valence-corrected chi connectivity index (χ1v) is 7.13. The summed E-state index contributed by atoms with van der Waals surface area (Å²) in [6, 6.07) is 8.12. The van der Waals surface area contributed by atoms with Gasteiger partial charge in [0, 0.05) is 11.1 Å². The number of nitrogens with zero attached hydrogens (tertiary/aromatic N) is 2. The standard InChI is InChI=1S/C14H19N3S/c1-14(2,9-15)7-8-18-13-11-5-3-4-6-12(11)16-10-17-13/h3-6,10H,7-9,15H2,1-2H3. The second-order valence-corrected chi connectivity index (χ2v) is 6.25. The second-order valence-electron chi connectivity index (χ2n) is 5.16. The van der Waals surface area contributed by atoms with E-state index < -0.39 is 0 Å². The molecule has 0 saturated carbocycles. The molecule has 1 heterocycles. The molecule has 0 aliphatic rings. The lowest BCUT2D eigenvalue weighted by Gasteiger charge is -2.21. The van der Waals surface area contributed by atoms with Gasteiger partial charge < -0.3 is 5.73 Å². The molecule has 0 aliphatic heterocycles. The molecule has 2 rings (SSSR count). The lowest BCUT2D eigenvalue weighted by molar-refractivity contribution is 0.368. The van der Waals surface area contributed by atoms with E-state index in [0.717, 1.165) is 34.6 Å². The summed E-state index contributed by atoms with van der Waals surface area (Å²) in [6.07, 6.45) is 2.73. The topological polar surface area (TPSA) is 51.8 Å². The van der Waals surface area contributed by atoms with Gasteiger partial charge in [-0.1, -0.05) is 32.0 Å². The molecule has 0 amide bonds. The minimum Gasteiger partial charge on any atom is -0.330 e. The largest absolute Gasteiger partial charge is 0.330 e. The van der Waals surface area contributed by atoms with Crippen molar-refractivity contribution in [1.29, 1.82) is 0 Å². The van der Waals surface area contributed by atoms with E-state index in [2.05, 4.69) is 29.9 Å². The van der Waals surface area contributed by atoms with Crippen LogP contribution in [0, 0.1) is 5.41 Å². The fraction of sp³-hybridized carbons (Fsp3) is 0.429. The van der Waals surface area contributed by atoms with E-state index in [9.17, 15) is 0 Å². The average Bonchev–Trinajstić information content (AvgIpc) is 2.39. The highest BCUT2D eigenvalue weighted by atomic mass is 32.2. The van der Waals surface area contributed by atoms with Crippen LogP contribution in [0.2, 0.25) is 0 Å². The molecule has 3 nitrogen and oxygen atoms in total. The molecule has 0 radical (unpaired) electrons. The van der Waals surface area contributed by atoms with Crippen molar-refractivity contribution in [3.63, 3.8) is 0 Å². The van der Waals surface area contributed by atoms with Gasteiger partial charge in [0.1, 0.15) is 11.4 Å². The summed E-state index contributed by atoms with van der Waals surface area (Å²) in [5.74, 6) is 1.03. The van der Waals surface area contributed by atoms with E-state index in [0.29, 0.717) is 0 Å². The molecular formula is C14H19N3S. The van der Waals surface area contributed by atoms with Crippen molar-refractivity contribution in [3.05, 3.63) is 30.6 Å². The van der Waals surface area contributed by atoms with E-state index in [4.69, 9.17) is 5.73 Å². The first-order chi connectivity index (χ1) is 8.62. The SMILES string of the molecule is CC(C)(CN)CCSc1ncnc2ccccc12. The third-order valence-corrected chi connectivity index (χ3v) is 4.08. The quantitative estimate of drug-likeness (QED) is 0.664. The number of rotatable bonds is 5. The molecule has 0 fully saturated rings. The van der Waals surface area contributed by atoms with Crippen LogP contribution in [0.3, 0.4) is 0 Å². The Bertz CT molecular complexity index is 520. The molecule has 4 heteroatoms. The van der Waals surface area contributed by atoms with Gasteiger partial charge in [-0.3, -0.25) is 0 Å². The van der Waals surface area contributed by atoms with E-state index in [1.807, 2.05) is 18.2 Å². The number of thioether (sulfide) groups is 1. The summed E-state index contributed by atoms with van der Waals surface area (Å²) in [5.41, 5.74) is 6.95. The molecule has 0 bridgehead atoms. The van der Waals surface area contributed by atoms with Crippen molar-refractivity contribution in [1.82, 2.24) is 9.97 Å². The van der Waals surface area contributed by atoms with Crippen molar-refractivity contribution in [2.75, 3.05) is 12.3 Å². The molecule has 0 aliphatic carbocycles. The molecule has 0 unspecified atom stereocenters. The van der Waals surface area contributed by atoms with Crippen molar-refractivity contribution in [3.8, 4) is 0 Å². The second kappa shape index (κ2) is 5.67. The third-order valence-electron chi connectivity index (χ3n) is 3.08. The summed E-state index contributed by atoms with van der Waals surface area (Å²) >= 11 is 1.79. The van der Waals surface area contributed by atoms with Crippen molar-refractivity contribution in [2.24, 2.45) is 11.1 Å². The van der Waals surface area contributed by atoms with Crippen LogP contribution in [0.25, 0.3) is 10.9 Å². The molecule has 1 aromatic heterocycles. The van der Waals surface area contributed by atoms with Gasteiger partial charge >= 0.3 is 0 Å². The first-order valence-electron chi connectivity index (χ1n) is 6.15. The van der Waals surface area contributed by atoms with E-state index in [1.165, 1.54) is 0 Å². The zero-order valence-corrected chi connectivity index (χ0v) is 11.7. The van der Waals surface area contributed by atoms with Crippen LogP contribution in [-0.4, -0.2) is 22.3 Å². The van der Waals surface area contributed by atoms with Gasteiger partial charge in [-0.05, 0) is 24.4 Å². The van der Waals surface area contributed by atoms with Crippen LogP contribution in [0.5, 0.6) is 0 Å². The molecule has 2 N–H and O–H groups in total. The van der Waals surface area contributed by atoms with Crippen molar-refractivity contribution >= 4 is 22.7 Å². The van der Waals surface area contributed by atoms with Gasteiger partial charge in [0.25, 0.3) is 0 Å². The highest BCUT2D eigenvalue weighted by molar-refractivity contribution is 7.99. The Labute approximate surface area is 112 Å². The zero-order chi connectivity index (χ0) is 13.0. The molecule has 0 atom stereocenters. The fourth-order valence-corrected chi connectivity index (χ4v) is 2.92. The Hall–Kier alpha value is -1.13. The smallest absolute Gasteiger partial charge is 0.117 e. The zero-order valence-electron chi connectivity index (χ0n) is 10.9. The number of para-hydroxylation sites is 1. The Balaban J connectivity index is 2.08. The Kier molecular flexibility index (Phi) is 4.19. The van der Waals surface area contributed by atoms with Gasteiger partial charge in [0.2, 0.25) is 0 Å². The van der Waals surface area contributed by atoms with Crippen LogP contribution in [0.1, 0.15) is 20.3 Å². The van der Waals surface area contributed by atoms with Crippen molar-refractivity contribution in [2.45, 2.75) is 25.3 Å². The number of nitrogens with two attached hydrogens (primary N) is 1. The van der Waals surface area contributed by atoms with Crippen LogP contribution in [0.4, 0.5) is 0 Å². The fourth-order valence-electron chi connectivity index (χ4n) is 1.62. The van der Waals surface area contributed by atoms with Gasteiger partial charge in [-0.15, -0.1) is 11.8 Å². The summed E-state index contributed by atoms with van der Waals surface area (Å²) in [7, 11) is 0.